The molecule has 0 aliphatic heterocycles. The van der Waals surface area contributed by atoms with Gasteiger partial charge in [0.2, 0.25) is 0 Å². The van der Waals surface area contributed by atoms with Crippen molar-refractivity contribution >= 4 is 10.8 Å². The van der Waals surface area contributed by atoms with Gasteiger partial charge in [0.1, 0.15) is 12.4 Å². The fourth-order valence-corrected chi connectivity index (χ4v) is 7.55. The predicted octanol–water partition coefficient (Wildman–Crippen LogP) is 7.11. The van der Waals surface area contributed by atoms with E-state index < -0.39 is 0 Å². The summed E-state index contributed by atoms with van der Waals surface area (Å²) in [5.41, 5.74) is 3.03. The van der Waals surface area contributed by atoms with Crippen molar-refractivity contribution in [3.63, 3.8) is 0 Å². The lowest BCUT2D eigenvalue weighted by molar-refractivity contribution is -0.0706. The van der Waals surface area contributed by atoms with E-state index in [9.17, 15) is 0 Å². The molecule has 166 valence electrons. The Morgan fingerprint density at radius 2 is 1.50 bits per heavy atom. The molecule has 0 radical (unpaired) electrons. The van der Waals surface area contributed by atoms with Crippen LogP contribution in [-0.4, -0.2) is 6.04 Å². The molecule has 4 saturated carbocycles. The fraction of sp³-hybridized carbons (Fsp3) is 0.467. The number of ether oxygens (including phenoxy) is 1. The first-order chi connectivity index (χ1) is 15.7. The van der Waals surface area contributed by atoms with E-state index in [0.29, 0.717) is 18.1 Å². The van der Waals surface area contributed by atoms with E-state index in [1.165, 1.54) is 60.4 Å². The maximum Gasteiger partial charge on any atom is 0.124 e. The lowest BCUT2D eigenvalue weighted by Gasteiger charge is -2.59. The summed E-state index contributed by atoms with van der Waals surface area (Å²) in [5, 5.41) is 6.61. The van der Waals surface area contributed by atoms with E-state index >= 15 is 0 Å². The monoisotopic (exact) mass is 425 g/mol. The van der Waals surface area contributed by atoms with Gasteiger partial charge in [-0.1, -0.05) is 60.7 Å². The van der Waals surface area contributed by atoms with Crippen molar-refractivity contribution in [2.45, 2.75) is 64.6 Å². The second-order valence-corrected chi connectivity index (χ2v) is 10.9. The summed E-state index contributed by atoms with van der Waals surface area (Å²) in [6, 6.07) is 24.1. The Kier molecular flexibility index (Phi) is 5.22. The average Bonchev–Trinajstić information content (AvgIpc) is 2.81. The van der Waals surface area contributed by atoms with E-state index in [1.54, 1.807) is 0 Å². The molecule has 2 heteroatoms. The van der Waals surface area contributed by atoms with Crippen LogP contribution in [0.25, 0.3) is 10.8 Å². The molecule has 0 amide bonds. The first-order valence-electron chi connectivity index (χ1n) is 12.6. The van der Waals surface area contributed by atoms with Crippen LogP contribution in [0.1, 0.15) is 56.6 Å². The molecule has 0 saturated heterocycles. The topological polar surface area (TPSA) is 21.3 Å². The van der Waals surface area contributed by atoms with Crippen LogP contribution in [0.2, 0.25) is 0 Å². The molecule has 3 aromatic rings. The third kappa shape index (κ3) is 3.73. The van der Waals surface area contributed by atoms with Crippen LogP contribution in [0.15, 0.2) is 66.7 Å². The molecular formula is C30H35NO. The SMILES string of the molecule is C[C@@H](NCc1c(OCc2ccccc2)ccc2ccccc12)C12CC3CC(CC(C3)C1)C2. The second-order valence-electron chi connectivity index (χ2n) is 10.9. The van der Waals surface area contributed by atoms with Crippen molar-refractivity contribution < 1.29 is 4.74 Å². The van der Waals surface area contributed by atoms with Gasteiger partial charge in [0.05, 0.1) is 0 Å². The average molecular weight is 426 g/mol. The van der Waals surface area contributed by atoms with Gasteiger partial charge in [0.25, 0.3) is 0 Å². The number of nitrogens with one attached hydrogen (secondary N) is 1. The Balaban J connectivity index is 1.24. The van der Waals surface area contributed by atoms with Gasteiger partial charge in [0, 0.05) is 18.2 Å². The molecule has 0 heterocycles. The van der Waals surface area contributed by atoms with Gasteiger partial charge >= 0.3 is 0 Å². The first-order valence-corrected chi connectivity index (χ1v) is 12.6. The van der Waals surface area contributed by atoms with Crippen molar-refractivity contribution in [2.24, 2.45) is 23.2 Å². The summed E-state index contributed by atoms with van der Waals surface area (Å²) < 4.78 is 6.37. The highest BCUT2D eigenvalue weighted by Crippen LogP contribution is 2.61. The lowest BCUT2D eigenvalue weighted by atomic mass is 9.48. The Bertz CT molecular complexity index is 1050. The molecule has 7 rings (SSSR count). The fourth-order valence-electron chi connectivity index (χ4n) is 7.55. The Hall–Kier alpha value is -2.32. The Morgan fingerprint density at radius 1 is 0.844 bits per heavy atom. The van der Waals surface area contributed by atoms with Crippen molar-refractivity contribution in [3.8, 4) is 5.75 Å². The largest absolute Gasteiger partial charge is 0.489 e. The van der Waals surface area contributed by atoms with Gasteiger partial charge in [-0.3, -0.25) is 0 Å². The minimum Gasteiger partial charge on any atom is -0.489 e. The lowest BCUT2D eigenvalue weighted by Crippen LogP contribution is -2.54. The Labute approximate surface area is 192 Å². The smallest absolute Gasteiger partial charge is 0.124 e. The summed E-state index contributed by atoms with van der Waals surface area (Å²) in [6.07, 6.45) is 8.85. The zero-order chi connectivity index (χ0) is 21.5. The van der Waals surface area contributed by atoms with Crippen molar-refractivity contribution in [3.05, 3.63) is 77.9 Å². The third-order valence-corrected chi connectivity index (χ3v) is 8.82. The highest BCUT2D eigenvalue weighted by molar-refractivity contribution is 5.87. The molecule has 0 unspecified atom stereocenters. The molecule has 1 N–H and O–H groups in total. The van der Waals surface area contributed by atoms with E-state index in [0.717, 1.165) is 30.0 Å². The summed E-state index contributed by atoms with van der Waals surface area (Å²) in [4.78, 5) is 0. The molecule has 0 aromatic heterocycles. The van der Waals surface area contributed by atoms with Crippen LogP contribution in [-0.2, 0) is 13.2 Å². The van der Waals surface area contributed by atoms with Crippen LogP contribution in [0.4, 0.5) is 0 Å². The molecule has 4 bridgehead atoms. The minimum atomic E-state index is 0.518. The minimum absolute atomic E-state index is 0.518. The van der Waals surface area contributed by atoms with Crippen LogP contribution < -0.4 is 10.1 Å². The zero-order valence-electron chi connectivity index (χ0n) is 19.2. The maximum absolute atomic E-state index is 6.37. The third-order valence-electron chi connectivity index (χ3n) is 8.82. The molecule has 1 atom stereocenters. The molecule has 32 heavy (non-hydrogen) atoms. The standard InChI is InChI=1S/C30H35NO/c1-21(30-16-23-13-24(17-30)15-25(14-23)18-30)31-19-28-27-10-6-5-9-26(27)11-12-29(28)32-20-22-7-3-2-4-8-22/h2-12,21,23-25,31H,13-20H2,1H3/t21-,23?,24?,25?,30?/m1/s1. The number of rotatable bonds is 7. The van der Waals surface area contributed by atoms with Crippen LogP contribution in [0.5, 0.6) is 5.75 Å². The highest BCUT2D eigenvalue weighted by atomic mass is 16.5. The number of hydrogen-bond acceptors (Lipinski definition) is 2. The van der Waals surface area contributed by atoms with Crippen molar-refractivity contribution in [1.29, 1.82) is 0 Å². The highest BCUT2D eigenvalue weighted by Gasteiger charge is 2.52. The van der Waals surface area contributed by atoms with Gasteiger partial charge in [-0.2, -0.15) is 0 Å². The molecule has 4 aliphatic carbocycles. The van der Waals surface area contributed by atoms with Gasteiger partial charge in [-0.05, 0) is 91.0 Å². The number of hydrogen-bond donors (Lipinski definition) is 1. The van der Waals surface area contributed by atoms with Crippen molar-refractivity contribution in [1.82, 2.24) is 5.32 Å². The molecule has 3 aromatic carbocycles. The molecule has 4 fully saturated rings. The summed E-state index contributed by atoms with van der Waals surface area (Å²) >= 11 is 0. The quantitative estimate of drug-likeness (QED) is 0.435. The summed E-state index contributed by atoms with van der Waals surface area (Å²) in [7, 11) is 0. The first kappa shape index (κ1) is 20.3. The molecule has 2 nitrogen and oxygen atoms in total. The van der Waals surface area contributed by atoms with E-state index in [2.05, 4.69) is 79.0 Å². The summed E-state index contributed by atoms with van der Waals surface area (Å²) in [5.74, 6) is 3.99. The predicted molar refractivity (Wildman–Crippen MR) is 132 cm³/mol. The molecule has 4 aliphatic rings. The van der Waals surface area contributed by atoms with E-state index in [4.69, 9.17) is 4.74 Å². The number of fused-ring (bicyclic) bond motifs is 1. The second kappa shape index (κ2) is 8.23. The van der Waals surface area contributed by atoms with Gasteiger partial charge < -0.3 is 10.1 Å². The van der Waals surface area contributed by atoms with E-state index in [-0.39, 0.29) is 0 Å². The van der Waals surface area contributed by atoms with Crippen LogP contribution >= 0.6 is 0 Å². The number of benzene rings is 3. The van der Waals surface area contributed by atoms with Gasteiger partial charge in [-0.25, -0.2) is 0 Å². The normalized spacial score (nSPS) is 29.3. The van der Waals surface area contributed by atoms with Crippen molar-refractivity contribution in [2.75, 3.05) is 0 Å². The molecular weight excluding hydrogens is 390 g/mol. The molecule has 0 spiro atoms. The van der Waals surface area contributed by atoms with Gasteiger partial charge in [0.15, 0.2) is 0 Å². The Morgan fingerprint density at radius 3 is 2.22 bits per heavy atom. The maximum atomic E-state index is 6.37. The van der Waals surface area contributed by atoms with Crippen LogP contribution in [0, 0.1) is 23.2 Å². The van der Waals surface area contributed by atoms with Gasteiger partial charge in [-0.15, -0.1) is 0 Å². The zero-order valence-corrected chi connectivity index (χ0v) is 19.2. The summed E-state index contributed by atoms with van der Waals surface area (Å²) in [6.45, 7) is 3.94. The van der Waals surface area contributed by atoms with E-state index in [1.807, 2.05) is 0 Å². The van der Waals surface area contributed by atoms with Crippen LogP contribution in [0.3, 0.4) is 0 Å².